The van der Waals surface area contributed by atoms with Crippen LogP contribution in [-0.4, -0.2) is 24.0 Å². The molecule has 1 atom stereocenters. The summed E-state index contributed by atoms with van der Waals surface area (Å²) in [5.74, 6) is -1.21. The average Bonchev–Trinajstić information content (AvgIpc) is 2.26. The van der Waals surface area contributed by atoms with E-state index in [1.165, 1.54) is 7.11 Å². The fourth-order valence-corrected chi connectivity index (χ4v) is 2.01. The maximum absolute atomic E-state index is 12.2. The number of ether oxygens (including phenoxy) is 1. The molecule has 0 saturated carbocycles. The van der Waals surface area contributed by atoms with Crippen molar-refractivity contribution in [2.75, 3.05) is 7.11 Å². The highest BCUT2D eigenvalue weighted by atomic mass is 16.5. The third-order valence-corrected chi connectivity index (χ3v) is 2.84. The molecule has 0 aliphatic rings. The number of hydrogen-bond acceptors (Lipinski definition) is 3. The van der Waals surface area contributed by atoms with Gasteiger partial charge in [0.2, 0.25) is 0 Å². The number of rotatable bonds is 5. The number of ketones is 1. The van der Waals surface area contributed by atoms with E-state index in [0.717, 1.165) is 11.1 Å². The summed E-state index contributed by atoms with van der Waals surface area (Å²) in [5, 5.41) is 8.74. The van der Waals surface area contributed by atoms with Crippen molar-refractivity contribution in [2.45, 2.75) is 27.2 Å². The lowest BCUT2D eigenvalue weighted by Gasteiger charge is -2.15. The summed E-state index contributed by atoms with van der Waals surface area (Å²) in [6.07, 6.45) is -0.171. The van der Waals surface area contributed by atoms with Crippen LogP contribution in [0.15, 0.2) is 12.1 Å². The van der Waals surface area contributed by atoms with E-state index in [-0.39, 0.29) is 12.2 Å². The molecule has 0 spiro atoms. The van der Waals surface area contributed by atoms with Gasteiger partial charge in [0.25, 0.3) is 0 Å². The van der Waals surface area contributed by atoms with Gasteiger partial charge in [0.1, 0.15) is 5.75 Å². The normalized spacial score (nSPS) is 12.0. The lowest BCUT2D eigenvalue weighted by molar-refractivity contribution is -0.137. The van der Waals surface area contributed by atoms with Crippen LogP contribution in [0.3, 0.4) is 0 Å². The molecule has 0 saturated heterocycles. The van der Waals surface area contributed by atoms with E-state index in [1.807, 2.05) is 19.9 Å². The van der Waals surface area contributed by atoms with E-state index in [2.05, 4.69) is 0 Å². The van der Waals surface area contributed by atoms with Crippen molar-refractivity contribution >= 4 is 11.8 Å². The van der Waals surface area contributed by atoms with Gasteiger partial charge in [-0.2, -0.15) is 0 Å². The maximum atomic E-state index is 12.2. The van der Waals surface area contributed by atoms with Crippen LogP contribution in [0, 0.1) is 19.8 Å². The maximum Gasteiger partial charge on any atom is 0.304 e. The van der Waals surface area contributed by atoms with Crippen molar-refractivity contribution in [1.82, 2.24) is 0 Å². The topological polar surface area (TPSA) is 63.6 Å². The van der Waals surface area contributed by atoms with Crippen molar-refractivity contribution < 1.29 is 19.4 Å². The van der Waals surface area contributed by atoms with Crippen LogP contribution in [0.25, 0.3) is 0 Å². The molecule has 4 nitrogen and oxygen atoms in total. The molecule has 1 aromatic carbocycles. The van der Waals surface area contributed by atoms with Gasteiger partial charge >= 0.3 is 5.97 Å². The molecule has 0 fully saturated rings. The molecule has 4 heteroatoms. The molecular formula is C14H18O4. The van der Waals surface area contributed by atoms with Gasteiger partial charge in [0, 0.05) is 5.92 Å². The summed E-state index contributed by atoms with van der Waals surface area (Å²) in [7, 11) is 1.51. The minimum Gasteiger partial charge on any atom is -0.496 e. The van der Waals surface area contributed by atoms with Crippen molar-refractivity contribution in [2.24, 2.45) is 5.92 Å². The predicted octanol–water partition coefficient (Wildman–Crippen LogP) is 2.61. The van der Waals surface area contributed by atoms with Gasteiger partial charge in [-0.05, 0) is 31.0 Å². The van der Waals surface area contributed by atoms with Gasteiger partial charge < -0.3 is 9.84 Å². The number of Topliss-reactive ketones (excluding diaryl/α,β-unsaturated/α-hetero) is 1. The monoisotopic (exact) mass is 250 g/mol. The van der Waals surface area contributed by atoms with Crippen molar-refractivity contribution in [1.29, 1.82) is 0 Å². The number of aryl methyl sites for hydroxylation is 2. The molecule has 1 aromatic rings. The molecule has 98 valence electrons. The summed E-state index contributed by atoms with van der Waals surface area (Å²) in [5.41, 5.74) is 2.30. The van der Waals surface area contributed by atoms with Crippen LogP contribution >= 0.6 is 0 Å². The number of methoxy groups -OCH3 is 1. The molecule has 0 aliphatic carbocycles. The number of carbonyl (C=O) groups excluding carboxylic acids is 1. The first-order valence-corrected chi connectivity index (χ1v) is 5.78. The standard InChI is InChI=1S/C14H18O4/c1-8-5-9(2)13(11(6-8)18-4)14(17)10(3)7-12(15)16/h5-6,10H,7H2,1-4H3,(H,15,16). The Bertz CT molecular complexity index is 477. The minimum absolute atomic E-state index is 0.171. The molecule has 18 heavy (non-hydrogen) atoms. The van der Waals surface area contributed by atoms with E-state index in [0.29, 0.717) is 11.3 Å². The second kappa shape index (κ2) is 5.67. The second-order valence-electron chi connectivity index (χ2n) is 4.52. The van der Waals surface area contributed by atoms with Crippen LogP contribution in [-0.2, 0) is 4.79 Å². The molecule has 0 heterocycles. The number of aliphatic carboxylic acids is 1. The molecule has 0 radical (unpaired) electrons. The zero-order valence-electron chi connectivity index (χ0n) is 11.1. The Labute approximate surface area is 107 Å². The molecule has 0 aromatic heterocycles. The molecule has 1 unspecified atom stereocenters. The van der Waals surface area contributed by atoms with Gasteiger partial charge in [-0.15, -0.1) is 0 Å². The summed E-state index contributed by atoms with van der Waals surface area (Å²) >= 11 is 0. The van der Waals surface area contributed by atoms with Gasteiger partial charge in [-0.3, -0.25) is 9.59 Å². The number of carboxylic acid groups (broad SMARTS) is 1. The van der Waals surface area contributed by atoms with Crippen molar-refractivity contribution in [3.8, 4) is 5.75 Å². The Morgan fingerprint density at radius 1 is 1.33 bits per heavy atom. The van der Waals surface area contributed by atoms with E-state index >= 15 is 0 Å². The first-order valence-electron chi connectivity index (χ1n) is 5.78. The average molecular weight is 250 g/mol. The minimum atomic E-state index is -0.973. The quantitative estimate of drug-likeness (QED) is 0.816. The molecule has 1 N–H and O–H groups in total. The number of benzene rings is 1. The van der Waals surface area contributed by atoms with Gasteiger partial charge in [0.05, 0.1) is 19.1 Å². The number of carboxylic acids is 1. The Kier molecular flexibility index (Phi) is 4.48. The molecule has 0 aliphatic heterocycles. The lowest BCUT2D eigenvalue weighted by Crippen LogP contribution is -2.17. The third-order valence-electron chi connectivity index (χ3n) is 2.84. The summed E-state index contributed by atoms with van der Waals surface area (Å²) in [4.78, 5) is 22.9. The van der Waals surface area contributed by atoms with E-state index in [4.69, 9.17) is 9.84 Å². The van der Waals surface area contributed by atoms with E-state index in [9.17, 15) is 9.59 Å². The van der Waals surface area contributed by atoms with Crippen LogP contribution in [0.2, 0.25) is 0 Å². The fraction of sp³-hybridized carbons (Fsp3) is 0.429. The smallest absolute Gasteiger partial charge is 0.304 e. The Morgan fingerprint density at radius 2 is 1.94 bits per heavy atom. The van der Waals surface area contributed by atoms with E-state index < -0.39 is 11.9 Å². The van der Waals surface area contributed by atoms with Crippen molar-refractivity contribution in [3.63, 3.8) is 0 Å². The number of hydrogen-bond donors (Lipinski definition) is 1. The van der Waals surface area contributed by atoms with Gasteiger partial charge in [0.15, 0.2) is 5.78 Å². The highest BCUT2D eigenvalue weighted by molar-refractivity contribution is 6.02. The van der Waals surface area contributed by atoms with E-state index in [1.54, 1.807) is 13.0 Å². The summed E-state index contributed by atoms with van der Waals surface area (Å²) in [6.45, 7) is 5.37. The highest BCUT2D eigenvalue weighted by Crippen LogP contribution is 2.27. The predicted molar refractivity (Wildman–Crippen MR) is 68.2 cm³/mol. The van der Waals surface area contributed by atoms with Crippen LogP contribution in [0.1, 0.15) is 34.8 Å². The fourth-order valence-electron chi connectivity index (χ4n) is 2.01. The first-order chi connectivity index (χ1) is 8.36. The van der Waals surface area contributed by atoms with Crippen molar-refractivity contribution in [3.05, 3.63) is 28.8 Å². The van der Waals surface area contributed by atoms with Crippen LogP contribution in [0.4, 0.5) is 0 Å². The highest BCUT2D eigenvalue weighted by Gasteiger charge is 2.23. The Hall–Kier alpha value is -1.84. The Morgan fingerprint density at radius 3 is 2.44 bits per heavy atom. The van der Waals surface area contributed by atoms with Crippen LogP contribution in [0.5, 0.6) is 5.75 Å². The zero-order valence-corrected chi connectivity index (χ0v) is 11.1. The molecule has 0 amide bonds. The molecule has 1 rings (SSSR count). The summed E-state index contributed by atoms with van der Waals surface area (Å²) in [6, 6.07) is 3.68. The lowest BCUT2D eigenvalue weighted by atomic mass is 9.92. The molecular weight excluding hydrogens is 232 g/mol. The Balaban J connectivity index is 3.16. The number of carbonyl (C=O) groups is 2. The largest absolute Gasteiger partial charge is 0.496 e. The van der Waals surface area contributed by atoms with Gasteiger partial charge in [-0.1, -0.05) is 13.0 Å². The van der Waals surface area contributed by atoms with Gasteiger partial charge in [-0.25, -0.2) is 0 Å². The molecule has 0 bridgehead atoms. The SMILES string of the molecule is COc1cc(C)cc(C)c1C(=O)C(C)CC(=O)O. The third kappa shape index (κ3) is 3.09. The first kappa shape index (κ1) is 14.2. The van der Waals surface area contributed by atoms with Crippen LogP contribution < -0.4 is 4.74 Å². The zero-order chi connectivity index (χ0) is 13.9. The summed E-state index contributed by atoms with van der Waals surface area (Å²) < 4.78 is 5.22. The second-order valence-corrected chi connectivity index (χ2v) is 4.52.